The van der Waals surface area contributed by atoms with Gasteiger partial charge in [-0.05, 0) is 61.0 Å². The second kappa shape index (κ2) is 4.42. The Morgan fingerprint density at radius 1 is 1.20 bits per heavy atom. The molecular weight excluding hydrogens is 220 g/mol. The van der Waals surface area contributed by atoms with Crippen LogP contribution in [0.4, 0.5) is 0 Å². The summed E-state index contributed by atoms with van der Waals surface area (Å²) < 4.78 is 0. The monoisotopic (exact) mass is 238 g/mol. The molecule has 2 heteroatoms. The molecule has 0 bridgehead atoms. The molecule has 0 aromatic heterocycles. The summed E-state index contributed by atoms with van der Waals surface area (Å²) in [5, 5.41) is 0. The van der Waals surface area contributed by atoms with Crippen molar-refractivity contribution in [1.29, 1.82) is 0 Å². The van der Waals surface area contributed by atoms with Crippen molar-refractivity contribution in [3.63, 3.8) is 0 Å². The topological polar surface area (TPSA) is 0 Å². The summed E-state index contributed by atoms with van der Waals surface area (Å²) in [5.41, 5.74) is 4.72. The Kier molecular flexibility index (Phi) is 3.36. The molecule has 0 N–H and O–H groups in total. The molecule has 0 saturated carbocycles. The van der Waals surface area contributed by atoms with Crippen molar-refractivity contribution in [1.82, 2.24) is 0 Å². The van der Waals surface area contributed by atoms with Gasteiger partial charge in [0.2, 0.25) is 0 Å². The average Bonchev–Trinajstić information content (AvgIpc) is 2.57. The molecule has 0 nitrogen and oxygen atoms in total. The number of hydrogen-bond acceptors (Lipinski definition) is 2. The van der Waals surface area contributed by atoms with Crippen molar-refractivity contribution >= 4 is 23.5 Å². The first-order chi connectivity index (χ1) is 7.17. The first-order valence-electron chi connectivity index (χ1n) is 5.40. The van der Waals surface area contributed by atoms with Crippen molar-refractivity contribution < 1.29 is 0 Å². The first kappa shape index (κ1) is 11.4. The summed E-state index contributed by atoms with van der Waals surface area (Å²) in [7, 11) is 0. The minimum atomic E-state index is 0.836. The first-order valence-corrected chi connectivity index (χ1v) is 7.85. The third-order valence-electron chi connectivity index (χ3n) is 3.22. The van der Waals surface area contributed by atoms with E-state index < -0.39 is 0 Å². The smallest absolute Gasteiger partial charge is 0.0144 e. The molecule has 1 aliphatic carbocycles. The van der Waals surface area contributed by atoms with E-state index in [0.29, 0.717) is 0 Å². The van der Waals surface area contributed by atoms with Crippen LogP contribution in [0.3, 0.4) is 0 Å². The van der Waals surface area contributed by atoms with Crippen molar-refractivity contribution in [3.8, 4) is 0 Å². The minimum Gasteiger partial charge on any atom is -0.129 e. The predicted molar refractivity (Wildman–Crippen MR) is 71.3 cm³/mol. The van der Waals surface area contributed by atoms with Crippen molar-refractivity contribution in [3.05, 3.63) is 22.8 Å². The van der Waals surface area contributed by atoms with Crippen LogP contribution in [0.25, 0.3) is 0 Å². The van der Waals surface area contributed by atoms with Gasteiger partial charge in [0.15, 0.2) is 0 Å². The van der Waals surface area contributed by atoms with Crippen molar-refractivity contribution in [2.75, 3.05) is 12.5 Å². The zero-order chi connectivity index (χ0) is 11.0. The molecule has 0 spiro atoms. The maximum absolute atomic E-state index is 2.42. The number of benzene rings is 1. The Hall–Kier alpha value is -0.0800. The maximum Gasteiger partial charge on any atom is 0.0144 e. The Morgan fingerprint density at radius 2 is 1.93 bits per heavy atom. The number of fused-ring (bicyclic) bond motifs is 1. The highest BCUT2D eigenvalue weighted by Gasteiger charge is 2.23. The Bertz CT molecular complexity index is 383. The molecule has 1 unspecified atom stereocenters. The fraction of sp³-hybridized carbons (Fsp3) is 0.538. The highest BCUT2D eigenvalue weighted by Crippen LogP contribution is 2.39. The summed E-state index contributed by atoms with van der Waals surface area (Å²) in [6, 6.07) is 2.42. The van der Waals surface area contributed by atoms with Gasteiger partial charge in [-0.2, -0.15) is 0 Å². The van der Waals surface area contributed by atoms with Crippen LogP contribution in [-0.2, 0) is 12.8 Å². The Morgan fingerprint density at radius 3 is 2.53 bits per heavy atom. The van der Waals surface area contributed by atoms with E-state index >= 15 is 0 Å². The highest BCUT2D eigenvalue weighted by molar-refractivity contribution is 7.99. The van der Waals surface area contributed by atoms with Crippen LogP contribution < -0.4 is 0 Å². The molecule has 2 rings (SSSR count). The van der Waals surface area contributed by atoms with E-state index in [1.54, 1.807) is 16.0 Å². The van der Waals surface area contributed by atoms with Crippen LogP contribution in [0.15, 0.2) is 15.9 Å². The Labute approximate surface area is 101 Å². The molecule has 0 aliphatic heterocycles. The van der Waals surface area contributed by atoms with E-state index in [9.17, 15) is 0 Å². The molecule has 0 saturated heterocycles. The molecular formula is C13H18S2. The summed E-state index contributed by atoms with van der Waals surface area (Å²) in [5.74, 6) is 0.836. The molecule has 0 radical (unpaired) electrons. The van der Waals surface area contributed by atoms with Gasteiger partial charge in [-0.3, -0.25) is 0 Å². The third-order valence-corrected chi connectivity index (χ3v) is 5.05. The lowest BCUT2D eigenvalue weighted by molar-refractivity contribution is 0.625. The van der Waals surface area contributed by atoms with Gasteiger partial charge >= 0.3 is 0 Å². The van der Waals surface area contributed by atoms with Crippen LogP contribution >= 0.6 is 23.5 Å². The molecule has 82 valence electrons. The summed E-state index contributed by atoms with van der Waals surface area (Å²) in [6.45, 7) is 4.62. The number of rotatable bonds is 2. The maximum atomic E-state index is 2.42. The van der Waals surface area contributed by atoms with Crippen molar-refractivity contribution in [2.45, 2.75) is 36.5 Å². The van der Waals surface area contributed by atoms with Crippen molar-refractivity contribution in [2.24, 2.45) is 5.92 Å². The number of hydrogen-bond donors (Lipinski definition) is 0. The standard InChI is InChI=1S/C13H18S2/c1-8-5-10-7-12(14-3)9(2)13(15-4)11(10)6-8/h7-8H,5-6H2,1-4H3. The zero-order valence-electron chi connectivity index (χ0n) is 9.89. The predicted octanol–water partition coefficient (Wildman–Crippen LogP) is 4.17. The Balaban J connectivity index is 2.57. The van der Waals surface area contributed by atoms with E-state index in [4.69, 9.17) is 0 Å². The van der Waals surface area contributed by atoms with Gasteiger partial charge in [-0.15, -0.1) is 23.5 Å². The molecule has 1 aromatic rings. The lowest BCUT2D eigenvalue weighted by Gasteiger charge is -2.13. The molecule has 0 heterocycles. The van der Waals surface area contributed by atoms with E-state index in [-0.39, 0.29) is 0 Å². The number of thioether (sulfide) groups is 2. The largest absolute Gasteiger partial charge is 0.129 e. The van der Waals surface area contributed by atoms with Gasteiger partial charge < -0.3 is 0 Å². The second-order valence-corrected chi connectivity index (χ2v) is 6.05. The minimum absolute atomic E-state index is 0.836. The van der Waals surface area contributed by atoms with Gasteiger partial charge in [0, 0.05) is 9.79 Å². The summed E-state index contributed by atoms with van der Waals surface area (Å²) in [6.07, 6.45) is 6.94. The molecule has 0 amide bonds. The molecule has 0 fully saturated rings. The summed E-state index contributed by atoms with van der Waals surface area (Å²) >= 11 is 3.80. The normalized spacial score (nSPS) is 19.3. The van der Waals surface area contributed by atoms with Gasteiger partial charge in [0.25, 0.3) is 0 Å². The second-order valence-electron chi connectivity index (χ2n) is 4.39. The highest BCUT2D eigenvalue weighted by atomic mass is 32.2. The fourth-order valence-corrected chi connectivity index (χ4v) is 4.14. The molecule has 1 atom stereocenters. The van der Waals surface area contributed by atoms with Crippen LogP contribution in [0, 0.1) is 12.8 Å². The van der Waals surface area contributed by atoms with Crippen LogP contribution in [0.5, 0.6) is 0 Å². The average molecular weight is 238 g/mol. The van der Waals surface area contributed by atoms with Gasteiger partial charge in [0.1, 0.15) is 0 Å². The van der Waals surface area contributed by atoms with E-state index in [2.05, 4.69) is 32.4 Å². The quantitative estimate of drug-likeness (QED) is 0.709. The molecule has 1 aromatic carbocycles. The zero-order valence-corrected chi connectivity index (χ0v) is 11.5. The van der Waals surface area contributed by atoms with E-state index in [0.717, 1.165) is 5.92 Å². The van der Waals surface area contributed by atoms with Gasteiger partial charge in [0.05, 0.1) is 0 Å². The van der Waals surface area contributed by atoms with Gasteiger partial charge in [-0.1, -0.05) is 6.92 Å². The third kappa shape index (κ3) is 1.94. The fourth-order valence-electron chi connectivity index (χ4n) is 2.53. The van der Waals surface area contributed by atoms with Crippen LogP contribution in [0.1, 0.15) is 23.6 Å². The lowest BCUT2D eigenvalue weighted by atomic mass is 10.1. The lowest BCUT2D eigenvalue weighted by Crippen LogP contribution is -1.93. The van der Waals surface area contributed by atoms with E-state index in [1.807, 2.05) is 23.5 Å². The van der Waals surface area contributed by atoms with Crippen LogP contribution in [-0.4, -0.2) is 12.5 Å². The summed E-state index contributed by atoms with van der Waals surface area (Å²) in [4.78, 5) is 3.01. The van der Waals surface area contributed by atoms with E-state index in [1.165, 1.54) is 23.3 Å². The van der Waals surface area contributed by atoms with Crippen LogP contribution in [0.2, 0.25) is 0 Å². The SMILES string of the molecule is CSc1cc2c(c(SC)c1C)CC(C)C2. The molecule has 1 aliphatic rings. The molecule has 15 heavy (non-hydrogen) atoms. The van der Waals surface area contributed by atoms with Gasteiger partial charge in [-0.25, -0.2) is 0 Å².